The number of rotatable bonds is 7. The lowest BCUT2D eigenvalue weighted by Gasteiger charge is -2.17. The monoisotopic (exact) mass is 427 g/mol. The Labute approximate surface area is 176 Å². The number of anilines is 1. The summed E-state index contributed by atoms with van der Waals surface area (Å²) in [6.07, 6.45) is 0. The number of aromatic nitrogens is 2. The van der Waals surface area contributed by atoms with Crippen molar-refractivity contribution in [2.75, 3.05) is 12.4 Å². The van der Waals surface area contributed by atoms with E-state index in [2.05, 4.69) is 15.3 Å². The van der Waals surface area contributed by atoms with Crippen LogP contribution in [0.1, 0.15) is 11.1 Å². The average Bonchev–Trinajstić information content (AvgIpc) is 3.11. The number of imidazole rings is 1. The molecule has 1 heterocycles. The van der Waals surface area contributed by atoms with E-state index in [0.29, 0.717) is 28.6 Å². The summed E-state index contributed by atoms with van der Waals surface area (Å²) in [5, 5.41) is 3.61. The molecule has 8 heteroatoms. The van der Waals surface area contributed by atoms with Crippen LogP contribution in [-0.2, 0) is 13.2 Å². The third-order valence-electron chi connectivity index (χ3n) is 4.70. The Kier molecular flexibility index (Phi) is 5.63. The van der Waals surface area contributed by atoms with E-state index in [1.54, 1.807) is 25.3 Å². The minimum absolute atomic E-state index is 0.0323. The van der Waals surface area contributed by atoms with Crippen molar-refractivity contribution in [3.05, 3.63) is 87.0 Å². The van der Waals surface area contributed by atoms with Crippen LogP contribution in [0.15, 0.2) is 59.4 Å². The van der Waals surface area contributed by atoms with Crippen molar-refractivity contribution in [3.63, 3.8) is 0 Å². The summed E-state index contributed by atoms with van der Waals surface area (Å²) in [5.74, 6) is 0.612. The molecule has 0 atom stereocenters. The number of hydrogen-bond donors (Lipinski definition) is 3. The van der Waals surface area contributed by atoms with Crippen molar-refractivity contribution >= 4 is 28.3 Å². The minimum Gasteiger partial charge on any atom is -0.493 e. The molecule has 0 saturated heterocycles. The Bertz CT molecular complexity index is 1230. The normalized spacial score (nSPS) is 10.9. The highest BCUT2D eigenvalue weighted by molar-refractivity contribution is 6.31. The van der Waals surface area contributed by atoms with E-state index < -0.39 is 5.82 Å². The van der Waals surface area contributed by atoms with Gasteiger partial charge < -0.3 is 24.8 Å². The van der Waals surface area contributed by atoms with Gasteiger partial charge in [0.2, 0.25) is 0 Å². The Morgan fingerprint density at radius 1 is 1.07 bits per heavy atom. The second-order valence-corrected chi connectivity index (χ2v) is 7.04. The maximum Gasteiger partial charge on any atom is 0.323 e. The molecule has 0 aliphatic rings. The van der Waals surface area contributed by atoms with Crippen LogP contribution in [0.3, 0.4) is 0 Å². The molecule has 4 rings (SSSR count). The number of benzene rings is 3. The van der Waals surface area contributed by atoms with Gasteiger partial charge in [-0.2, -0.15) is 0 Å². The Morgan fingerprint density at radius 3 is 2.67 bits per heavy atom. The Hall–Kier alpha value is -3.45. The van der Waals surface area contributed by atoms with Gasteiger partial charge in [0.05, 0.1) is 23.2 Å². The van der Waals surface area contributed by atoms with Crippen LogP contribution in [0.4, 0.5) is 10.1 Å². The third-order valence-corrected chi connectivity index (χ3v) is 5.06. The number of halogens is 2. The van der Waals surface area contributed by atoms with Crippen LogP contribution in [-0.4, -0.2) is 17.1 Å². The predicted octanol–water partition coefficient (Wildman–Crippen LogP) is 4.85. The zero-order chi connectivity index (χ0) is 21.1. The van der Waals surface area contributed by atoms with Gasteiger partial charge in [0, 0.05) is 23.4 Å². The quantitative estimate of drug-likeness (QED) is 0.394. The van der Waals surface area contributed by atoms with Crippen LogP contribution in [0, 0.1) is 5.82 Å². The number of nitrogens with one attached hydrogen (secondary N) is 3. The summed E-state index contributed by atoms with van der Waals surface area (Å²) in [6.45, 7) is 0.396. The molecule has 6 nitrogen and oxygen atoms in total. The number of H-pyrrole nitrogens is 2. The number of para-hydroxylation sites is 1. The zero-order valence-corrected chi connectivity index (χ0v) is 16.8. The first-order valence-corrected chi connectivity index (χ1v) is 9.60. The van der Waals surface area contributed by atoms with E-state index in [-0.39, 0.29) is 17.9 Å². The van der Waals surface area contributed by atoms with Crippen LogP contribution >= 0.6 is 11.6 Å². The van der Waals surface area contributed by atoms with Crippen molar-refractivity contribution in [1.82, 2.24) is 9.97 Å². The highest BCUT2D eigenvalue weighted by atomic mass is 35.5. The molecule has 0 bridgehead atoms. The van der Waals surface area contributed by atoms with Crippen LogP contribution < -0.4 is 20.5 Å². The van der Waals surface area contributed by atoms with Gasteiger partial charge in [0.1, 0.15) is 12.4 Å². The highest BCUT2D eigenvalue weighted by Crippen LogP contribution is 2.33. The van der Waals surface area contributed by atoms with Gasteiger partial charge in [0.25, 0.3) is 0 Å². The SMILES string of the molecule is COc1cccc(CNc2ccc3[nH]c(=O)[nH]c3c2)c1OCc1c(F)cccc1Cl. The summed E-state index contributed by atoms with van der Waals surface area (Å²) < 4.78 is 25.5. The number of fused-ring (bicyclic) bond motifs is 1. The molecule has 0 fully saturated rings. The summed E-state index contributed by atoms with van der Waals surface area (Å²) in [4.78, 5) is 16.9. The molecule has 0 saturated carbocycles. The molecule has 0 spiro atoms. The average molecular weight is 428 g/mol. The Balaban J connectivity index is 1.56. The topological polar surface area (TPSA) is 79.1 Å². The van der Waals surface area contributed by atoms with Gasteiger partial charge in [-0.05, 0) is 36.4 Å². The van der Waals surface area contributed by atoms with Gasteiger partial charge in [-0.1, -0.05) is 29.8 Å². The maximum atomic E-state index is 14.1. The fourth-order valence-electron chi connectivity index (χ4n) is 3.18. The lowest BCUT2D eigenvalue weighted by Crippen LogP contribution is -2.06. The number of hydrogen-bond acceptors (Lipinski definition) is 4. The van der Waals surface area contributed by atoms with Crippen molar-refractivity contribution < 1.29 is 13.9 Å². The first-order chi connectivity index (χ1) is 14.5. The molecule has 0 radical (unpaired) electrons. The fraction of sp³-hybridized carbons (Fsp3) is 0.136. The summed E-state index contributed by atoms with van der Waals surface area (Å²) in [5.41, 5.74) is 3.12. The molecule has 4 aromatic rings. The van der Waals surface area contributed by atoms with Gasteiger partial charge in [-0.15, -0.1) is 0 Å². The first-order valence-electron chi connectivity index (χ1n) is 9.22. The largest absolute Gasteiger partial charge is 0.493 e. The molecule has 3 aromatic carbocycles. The number of ether oxygens (including phenoxy) is 2. The number of methoxy groups -OCH3 is 1. The van der Waals surface area contributed by atoms with E-state index >= 15 is 0 Å². The standard InChI is InChI=1S/C22H19ClFN3O3/c1-29-20-7-2-4-13(21(20)30-12-15-16(23)5-3-6-17(15)24)11-25-14-8-9-18-19(10-14)27-22(28)26-18/h2-10,25H,11-12H2,1H3,(H2,26,27,28). The summed E-state index contributed by atoms with van der Waals surface area (Å²) in [6, 6.07) is 15.6. The molecule has 1 aromatic heterocycles. The van der Waals surface area contributed by atoms with Crippen LogP contribution in [0.2, 0.25) is 5.02 Å². The van der Waals surface area contributed by atoms with Gasteiger partial charge in [-0.3, -0.25) is 0 Å². The van der Waals surface area contributed by atoms with Gasteiger partial charge in [-0.25, -0.2) is 9.18 Å². The van der Waals surface area contributed by atoms with Crippen molar-refractivity contribution in [2.45, 2.75) is 13.2 Å². The molecule has 3 N–H and O–H groups in total. The summed E-state index contributed by atoms with van der Waals surface area (Å²) in [7, 11) is 1.55. The highest BCUT2D eigenvalue weighted by Gasteiger charge is 2.14. The van der Waals surface area contributed by atoms with Crippen molar-refractivity contribution in [3.8, 4) is 11.5 Å². The molecule has 0 aliphatic heterocycles. The summed E-state index contributed by atoms with van der Waals surface area (Å²) >= 11 is 6.11. The fourth-order valence-corrected chi connectivity index (χ4v) is 3.40. The van der Waals surface area contributed by atoms with E-state index in [9.17, 15) is 9.18 Å². The molecular formula is C22H19ClFN3O3. The van der Waals surface area contributed by atoms with Crippen molar-refractivity contribution in [1.29, 1.82) is 0 Å². The molecule has 0 amide bonds. The van der Waals surface area contributed by atoms with E-state index in [1.807, 2.05) is 30.3 Å². The molecule has 30 heavy (non-hydrogen) atoms. The van der Waals surface area contributed by atoms with E-state index in [0.717, 1.165) is 16.8 Å². The van der Waals surface area contributed by atoms with E-state index in [1.165, 1.54) is 6.07 Å². The predicted molar refractivity (Wildman–Crippen MR) is 115 cm³/mol. The van der Waals surface area contributed by atoms with Gasteiger partial charge in [0.15, 0.2) is 11.5 Å². The van der Waals surface area contributed by atoms with Gasteiger partial charge >= 0.3 is 5.69 Å². The van der Waals surface area contributed by atoms with Crippen molar-refractivity contribution in [2.24, 2.45) is 0 Å². The molecule has 0 aliphatic carbocycles. The molecule has 0 unspecified atom stereocenters. The maximum absolute atomic E-state index is 14.1. The third kappa shape index (κ3) is 4.11. The minimum atomic E-state index is -0.425. The lowest BCUT2D eigenvalue weighted by molar-refractivity contribution is 0.277. The first kappa shape index (κ1) is 19.8. The van der Waals surface area contributed by atoms with Crippen LogP contribution in [0.25, 0.3) is 11.0 Å². The smallest absolute Gasteiger partial charge is 0.323 e. The lowest BCUT2D eigenvalue weighted by atomic mass is 10.1. The Morgan fingerprint density at radius 2 is 1.87 bits per heavy atom. The zero-order valence-electron chi connectivity index (χ0n) is 16.1. The molecule has 154 valence electrons. The number of aromatic amines is 2. The molecular weight excluding hydrogens is 409 g/mol. The second-order valence-electron chi connectivity index (χ2n) is 6.63. The van der Waals surface area contributed by atoms with E-state index in [4.69, 9.17) is 21.1 Å². The second kappa shape index (κ2) is 8.51. The van der Waals surface area contributed by atoms with Crippen LogP contribution in [0.5, 0.6) is 11.5 Å².